The third-order valence-corrected chi connectivity index (χ3v) is 2.25. The summed E-state index contributed by atoms with van der Waals surface area (Å²) < 4.78 is 6.77. The van der Waals surface area contributed by atoms with Gasteiger partial charge < -0.3 is 10.2 Å². The highest BCUT2D eigenvalue weighted by atomic mass is 16.3. The molecule has 0 atom stereocenters. The fourth-order valence-corrected chi connectivity index (χ4v) is 1.50. The van der Waals surface area contributed by atoms with E-state index in [1.165, 1.54) is 4.68 Å². The molecule has 3 heterocycles. The molecule has 0 unspecified atom stereocenters. The van der Waals surface area contributed by atoms with Crippen molar-refractivity contribution in [3.05, 3.63) is 43.1 Å². The monoisotopic (exact) mass is 227 g/mol. The van der Waals surface area contributed by atoms with E-state index in [1.807, 2.05) is 0 Å². The first-order chi connectivity index (χ1) is 8.34. The van der Waals surface area contributed by atoms with Crippen molar-refractivity contribution < 1.29 is 4.42 Å². The van der Waals surface area contributed by atoms with E-state index in [0.717, 1.165) is 0 Å². The van der Waals surface area contributed by atoms with E-state index in [4.69, 9.17) is 10.2 Å². The van der Waals surface area contributed by atoms with E-state index < -0.39 is 0 Å². The lowest BCUT2D eigenvalue weighted by Gasteiger charge is -1.95. The fourth-order valence-electron chi connectivity index (χ4n) is 1.50. The van der Waals surface area contributed by atoms with Gasteiger partial charge in [0.05, 0.1) is 18.1 Å². The summed E-state index contributed by atoms with van der Waals surface area (Å²) in [6.45, 7) is 0. The van der Waals surface area contributed by atoms with Gasteiger partial charge in [0, 0.05) is 12.4 Å². The van der Waals surface area contributed by atoms with Crippen LogP contribution in [0.4, 0.5) is 5.69 Å². The second-order valence-electron chi connectivity index (χ2n) is 3.40. The van der Waals surface area contributed by atoms with E-state index in [2.05, 4.69) is 15.1 Å². The lowest BCUT2D eigenvalue weighted by Crippen LogP contribution is -2.00. The molecular formula is C11H9N5O. The van der Waals surface area contributed by atoms with Crippen LogP contribution in [-0.2, 0) is 0 Å². The van der Waals surface area contributed by atoms with Gasteiger partial charge in [-0.1, -0.05) is 0 Å². The Morgan fingerprint density at radius 2 is 2.00 bits per heavy atom. The summed E-state index contributed by atoms with van der Waals surface area (Å²) in [5.41, 5.74) is 6.98. The minimum absolute atomic E-state index is 0.469. The van der Waals surface area contributed by atoms with Gasteiger partial charge in [-0.15, -0.1) is 0 Å². The molecule has 0 spiro atoms. The number of rotatable bonds is 2. The van der Waals surface area contributed by atoms with Crippen molar-refractivity contribution in [1.82, 2.24) is 19.7 Å². The maximum Gasteiger partial charge on any atom is 0.250 e. The molecule has 2 N–H and O–H groups in total. The van der Waals surface area contributed by atoms with Gasteiger partial charge in [-0.05, 0) is 18.2 Å². The SMILES string of the molecule is Nc1cn(-c2ncccn2)nc1-c1ccco1. The van der Waals surface area contributed by atoms with Crippen LogP contribution in [-0.4, -0.2) is 19.7 Å². The minimum Gasteiger partial charge on any atom is -0.463 e. The highest BCUT2D eigenvalue weighted by Crippen LogP contribution is 2.24. The molecule has 17 heavy (non-hydrogen) atoms. The quantitative estimate of drug-likeness (QED) is 0.717. The van der Waals surface area contributed by atoms with Crippen LogP contribution in [0.1, 0.15) is 0 Å². The van der Waals surface area contributed by atoms with Gasteiger partial charge in [0.25, 0.3) is 5.95 Å². The fraction of sp³-hybridized carbons (Fsp3) is 0. The Morgan fingerprint density at radius 3 is 2.71 bits per heavy atom. The average molecular weight is 227 g/mol. The normalized spacial score (nSPS) is 10.6. The first kappa shape index (κ1) is 9.59. The van der Waals surface area contributed by atoms with Crippen LogP contribution in [0.3, 0.4) is 0 Å². The molecule has 3 aromatic rings. The minimum atomic E-state index is 0.469. The summed E-state index contributed by atoms with van der Waals surface area (Å²) in [4.78, 5) is 8.18. The van der Waals surface area contributed by atoms with Crippen molar-refractivity contribution in [1.29, 1.82) is 0 Å². The molecule has 6 heteroatoms. The first-order valence-electron chi connectivity index (χ1n) is 5.01. The van der Waals surface area contributed by atoms with Gasteiger partial charge in [-0.3, -0.25) is 0 Å². The van der Waals surface area contributed by atoms with E-state index in [9.17, 15) is 0 Å². The van der Waals surface area contributed by atoms with Crippen molar-refractivity contribution >= 4 is 5.69 Å². The van der Waals surface area contributed by atoms with E-state index in [-0.39, 0.29) is 0 Å². The molecule has 6 nitrogen and oxygen atoms in total. The van der Waals surface area contributed by atoms with Crippen LogP contribution in [0.25, 0.3) is 17.4 Å². The van der Waals surface area contributed by atoms with E-state index in [1.54, 1.807) is 43.1 Å². The van der Waals surface area contributed by atoms with Gasteiger partial charge >= 0.3 is 0 Å². The third kappa shape index (κ3) is 1.65. The van der Waals surface area contributed by atoms with Crippen LogP contribution in [0.15, 0.2) is 47.5 Å². The van der Waals surface area contributed by atoms with Crippen molar-refractivity contribution in [2.24, 2.45) is 0 Å². The average Bonchev–Trinajstić information content (AvgIpc) is 2.99. The second kappa shape index (κ2) is 3.75. The maximum atomic E-state index is 5.87. The Labute approximate surface area is 96.7 Å². The predicted octanol–water partition coefficient (Wildman–Crippen LogP) is 1.50. The maximum absolute atomic E-state index is 5.87. The molecular weight excluding hydrogens is 218 g/mol. The number of hydrogen-bond acceptors (Lipinski definition) is 5. The molecule has 0 aliphatic heterocycles. The highest BCUT2D eigenvalue weighted by Gasteiger charge is 2.12. The van der Waals surface area contributed by atoms with Crippen molar-refractivity contribution in [2.45, 2.75) is 0 Å². The standard InChI is InChI=1S/C11H9N5O/c12-8-7-16(11-13-4-2-5-14-11)15-10(8)9-3-1-6-17-9/h1-7H,12H2. The number of nitrogens with two attached hydrogens (primary N) is 1. The topological polar surface area (TPSA) is 82.8 Å². The summed E-state index contributed by atoms with van der Waals surface area (Å²) in [5, 5.41) is 4.30. The molecule has 0 bridgehead atoms. The van der Waals surface area contributed by atoms with Crippen LogP contribution in [0, 0.1) is 0 Å². The molecule has 0 aliphatic rings. The third-order valence-electron chi connectivity index (χ3n) is 2.25. The Bertz CT molecular complexity index is 615. The molecule has 3 rings (SSSR count). The van der Waals surface area contributed by atoms with Crippen LogP contribution < -0.4 is 5.73 Å². The Kier molecular flexibility index (Phi) is 2.11. The number of nitrogens with zero attached hydrogens (tertiary/aromatic N) is 4. The zero-order chi connectivity index (χ0) is 11.7. The summed E-state index contributed by atoms with van der Waals surface area (Å²) in [6, 6.07) is 5.32. The molecule has 0 saturated carbocycles. The van der Waals surface area contributed by atoms with Crippen LogP contribution in [0.5, 0.6) is 0 Å². The zero-order valence-electron chi connectivity index (χ0n) is 8.82. The summed E-state index contributed by atoms with van der Waals surface area (Å²) in [6.07, 6.45) is 6.53. The van der Waals surface area contributed by atoms with Gasteiger partial charge in [0.2, 0.25) is 0 Å². The summed E-state index contributed by atoms with van der Waals surface area (Å²) in [7, 11) is 0. The largest absolute Gasteiger partial charge is 0.463 e. The molecule has 0 radical (unpaired) electrons. The predicted molar refractivity (Wildman–Crippen MR) is 61.3 cm³/mol. The van der Waals surface area contributed by atoms with Gasteiger partial charge in [0.1, 0.15) is 0 Å². The molecule has 0 fully saturated rings. The smallest absolute Gasteiger partial charge is 0.250 e. The van der Waals surface area contributed by atoms with Gasteiger partial charge in [0.15, 0.2) is 11.5 Å². The van der Waals surface area contributed by atoms with E-state index in [0.29, 0.717) is 23.1 Å². The second-order valence-corrected chi connectivity index (χ2v) is 3.40. The van der Waals surface area contributed by atoms with Crippen LogP contribution in [0.2, 0.25) is 0 Å². The lowest BCUT2D eigenvalue weighted by molar-refractivity contribution is 0.579. The highest BCUT2D eigenvalue weighted by molar-refractivity contribution is 5.68. The molecule has 0 aliphatic carbocycles. The van der Waals surface area contributed by atoms with Crippen molar-refractivity contribution in [3.8, 4) is 17.4 Å². The number of nitrogen functional groups attached to an aromatic ring is 1. The van der Waals surface area contributed by atoms with E-state index >= 15 is 0 Å². The van der Waals surface area contributed by atoms with Crippen molar-refractivity contribution in [3.63, 3.8) is 0 Å². The number of aromatic nitrogens is 4. The number of furan rings is 1. The van der Waals surface area contributed by atoms with Gasteiger partial charge in [-0.2, -0.15) is 5.10 Å². The molecule has 0 amide bonds. The lowest BCUT2D eigenvalue weighted by atomic mass is 10.3. The molecule has 3 aromatic heterocycles. The summed E-state index contributed by atoms with van der Waals surface area (Å²) in [5.74, 6) is 1.09. The van der Waals surface area contributed by atoms with Crippen LogP contribution >= 0.6 is 0 Å². The Balaban J connectivity index is 2.08. The van der Waals surface area contributed by atoms with Crippen molar-refractivity contribution in [2.75, 3.05) is 5.73 Å². The molecule has 84 valence electrons. The Morgan fingerprint density at radius 1 is 1.18 bits per heavy atom. The zero-order valence-corrected chi connectivity index (χ0v) is 8.82. The Hall–Kier alpha value is -2.63. The number of hydrogen-bond donors (Lipinski definition) is 1. The number of anilines is 1. The van der Waals surface area contributed by atoms with Gasteiger partial charge in [-0.25, -0.2) is 14.6 Å². The first-order valence-corrected chi connectivity index (χ1v) is 5.01. The summed E-state index contributed by atoms with van der Waals surface area (Å²) >= 11 is 0. The molecule has 0 saturated heterocycles. The molecule has 0 aromatic carbocycles.